The minimum atomic E-state index is 0.764. The van der Waals surface area contributed by atoms with E-state index in [1.54, 1.807) is 23.5 Å². The van der Waals surface area contributed by atoms with Crippen molar-refractivity contribution in [2.45, 2.75) is 99.2 Å². The van der Waals surface area contributed by atoms with Crippen LogP contribution in [-0.4, -0.2) is 28.0 Å². The van der Waals surface area contributed by atoms with Crippen molar-refractivity contribution in [1.82, 2.24) is 15.0 Å². The summed E-state index contributed by atoms with van der Waals surface area (Å²) in [6.07, 6.45) is 9.91. The number of unbranched alkanes of at least 4 members (excludes halogenated alkanes) is 6. The molecule has 0 spiro atoms. The lowest BCUT2D eigenvalue weighted by molar-refractivity contribution is 0.593. The van der Waals surface area contributed by atoms with Gasteiger partial charge in [0.05, 0.1) is 0 Å². The molecule has 0 fully saturated rings. The average Bonchev–Trinajstić information content (AvgIpc) is 2.86. The number of hydrogen-bond donors (Lipinski definition) is 0. The van der Waals surface area contributed by atoms with Crippen LogP contribution in [0.5, 0.6) is 0 Å². The Bertz CT molecular complexity index is 928. The van der Waals surface area contributed by atoms with Crippen LogP contribution in [0.25, 0.3) is 0 Å². The molecule has 188 valence electrons. The van der Waals surface area contributed by atoms with Gasteiger partial charge in [-0.15, -0.1) is 0 Å². The Morgan fingerprint density at radius 2 is 1.00 bits per heavy atom. The van der Waals surface area contributed by atoms with Gasteiger partial charge in [-0.3, -0.25) is 0 Å². The summed E-state index contributed by atoms with van der Waals surface area (Å²) in [6.45, 7) is 10.7. The number of hydrogen-bond acceptors (Lipinski definition) is 6. The zero-order valence-electron chi connectivity index (χ0n) is 21.8. The van der Waals surface area contributed by atoms with Gasteiger partial charge in [-0.25, -0.2) is 0 Å². The largest absolute Gasteiger partial charge is 0.341 e. The Balaban J connectivity index is 1.87. The van der Waals surface area contributed by atoms with Crippen LogP contribution in [0.2, 0.25) is 0 Å². The van der Waals surface area contributed by atoms with E-state index in [-0.39, 0.29) is 0 Å². The van der Waals surface area contributed by atoms with Crippen LogP contribution in [-0.2, 0) is 0 Å². The van der Waals surface area contributed by atoms with Crippen molar-refractivity contribution in [2.24, 2.45) is 0 Å². The minimum absolute atomic E-state index is 0.764. The molecule has 1 heterocycles. The molecular weight excluding hydrogens is 468 g/mol. The molecule has 0 saturated carbocycles. The molecule has 0 saturated heterocycles. The van der Waals surface area contributed by atoms with Gasteiger partial charge < -0.3 is 4.90 Å². The van der Waals surface area contributed by atoms with Crippen molar-refractivity contribution in [3.05, 3.63) is 59.7 Å². The second-order valence-corrected chi connectivity index (χ2v) is 11.2. The summed E-state index contributed by atoms with van der Waals surface area (Å²) in [4.78, 5) is 19.5. The Morgan fingerprint density at radius 3 is 1.40 bits per heavy atom. The maximum Gasteiger partial charge on any atom is 0.230 e. The summed E-state index contributed by atoms with van der Waals surface area (Å²) < 4.78 is 0. The fraction of sp³-hybridized carbons (Fsp3) is 0.483. The second-order valence-electron chi connectivity index (χ2n) is 9.14. The highest BCUT2D eigenvalue weighted by atomic mass is 32.2. The fourth-order valence-corrected chi connectivity index (χ4v) is 5.30. The van der Waals surface area contributed by atoms with Crippen molar-refractivity contribution in [1.29, 1.82) is 0 Å². The van der Waals surface area contributed by atoms with Crippen LogP contribution in [0.15, 0.2) is 68.6 Å². The summed E-state index contributed by atoms with van der Waals surface area (Å²) >= 11 is 3.23. The van der Waals surface area contributed by atoms with Crippen LogP contribution < -0.4 is 4.90 Å². The van der Waals surface area contributed by atoms with E-state index < -0.39 is 0 Å². The van der Waals surface area contributed by atoms with Crippen LogP contribution >= 0.6 is 23.5 Å². The molecule has 3 aromatic rings. The van der Waals surface area contributed by atoms with Gasteiger partial charge in [0.15, 0.2) is 10.3 Å². The predicted molar refractivity (Wildman–Crippen MR) is 151 cm³/mol. The zero-order valence-corrected chi connectivity index (χ0v) is 23.4. The topological polar surface area (TPSA) is 41.9 Å². The lowest BCUT2D eigenvalue weighted by Crippen LogP contribution is -2.28. The van der Waals surface area contributed by atoms with E-state index in [0.717, 1.165) is 39.1 Å². The molecule has 0 aliphatic heterocycles. The third kappa shape index (κ3) is 9.85. The molecule has 35 heavy (non-hydrogen) atoms. The van der Waals surface area contributed by atoms with Gasteiger partial charge >= 0.3 is 0 Å². The molecule has 6 heteroatoms. The van der Waals surface area contributed by atoms with Gasteiger partial charge in [-0.05, 0) is 74.5 Å². The quantitative estimate of drug-likeness (QED) is 0.191. The van der Waals surface area contributed by atoms with Gasteiger partial charge in [-0.1, -0.05) is 87.8 Å². The first-order chi connectivity index (χ1) is 17.1. The molecule has 2 aromatic carbocycles. The average molecular weight is 509 g/mol. The van der Waals surface area contributed by atoms with Crippen LogP contribution in [0.3, 0.4) is 0 Å². The molecular formula is C29H40N4S2. The van der Waals surface area contributed by atoms with Crippen molar-refractivity contribution < 1.29 is 0 Å². The van der Waals surface area contributed by atoms with Crippen LogP contribution in [0.1, 0.15) is 76.3 Å². The van der Waals surface area contributed by atoms with Crippen molar-refractivity contribution in [2.75, 3.05) is 18.0 Å². The number of aromatic nitrogens is 3. The first-order valence-electron chi connectivity index (χ1n) is 13.1. The first-order valence-corrected chi connectivity index (χ1v) is 14.7. The molecule has 0 atom stereocenters. The lowest BCUT2D eigenvalue weighted by atomic mass is 10.2. The SMILES string of the molecule is CCCCCCN(CCCCCC)c1nc(Sc2ccc(C)cc2)nc(Sc2ccc(C)cc2)n1. The molecule has 1 aromatic heterocycles. The Hall–Kier alpha value is -2.05. The zero-order chi connectivity index (χ0) is 24.9. The summed E-state index contributed by atoms with van der Waals surface area (Å²) in [5.41, 5.74) is 2.51. The second kappa shape index (κ2) is 15.1. The normalized spacial score (nSPS) is 11.1. The van der Waals surface area contributed by atoms with Gasteiger partial charge in [0.2, 0.25) is 5.95 Å². The van der Waals surface area contributed by atoms with Crippen LogP contribution in [0, 0.1) is 13.8 Å². The monoisotopic (exact) mass is 508 g/mol. The Labute approximate surface area is 220 Å². The Morgan fingerprint density at radius 1 is 0.571 bits per heavy atom. The maximum absolute atomic E-state index is 4.96. The summed E-state index contributed by atoms with van der Waals surface area (Å²) in [6, 6.07) is 17.1. The van der Waals surface area contributed by atoms with Crippen LogP contribution in [0.4, 0.5) is 5.95 Å². The third-order valence-electron chi connectivity index (χ3n) is 5.89. The molecule has 0 unspecified atom stereocenters. The van der Waals surface area contributed by atoms with E-state index in [1.165, 1.54) is 62.5 Å². The standard InChI is InChI=1S/C29H40N4S2/c1-5-7-9-11-21-33(22-12-10-8-6-2)27-30-28(34-25-17-13-23(3)14-18-25)32-29(31-27)35-26-19-15-24(4)16-20-26/h13-20H,5-12,21-22H2,1-4H3. The van der Waals surface area contributed by atoms with E-state index in [9.17, 15) is 0 Å². The number of rotatable bonds is 15. The highest BCUT2D eigenvalue weighted by molar-refractivity contribution is 7.99. The fourth-order valence-electron chi connectivity index (χ4n) is 3.75. The van der Waals surface area contributed by atoms with Gasteiger partial charge in [-0.2, -0.15) is 15.0 Å². The highest BCUT2D eigenvalue weighted by Crippen LogP contribution is 2.31. The van der Waals surface area contributed by atoms with E-state index in [4.69, 9.17) is 15.0 Å². The summed E-state index contributed by atoms with van der Waals surface area (Å²) in [5.74, 6) is 0.817. The summed E-state index contributed by atoms with van der Waals surface area (Å²) in [5, 5.41) is 1.53. The van der Waals surface area contributed by atoms with Crippen molar-refractivity contribution in [3.8, 4) is 0 Å². The van der Waals surface area contributed by atoms with Gasteiger partial charge in [0, 0.05) is 22.9 Å². The van der Waals surface area contributed by atoms with Crippen molar-refractivity contribution >= 4 is 29.5 Å². The van der Waals surface area contributed by atoms with Crippen molar-refractivity contribution in [3.63, 3.8) is 0 Å². The van der Waals surface area contributed by atoms with E-state index in [0.29, 0.717) is 0 Å². The molecule has 4 nitrogen and oxygen atoms in total. The van der Waals surface area contributed by atoms with E-state index in [2.05, 4.69) is 81.1 Å². The predicted octanol–water partition coefficient (Wildman–Crippen LogP) is 8.76. The van der Waals surface area contributed by atoms with Gasteiger partial charge in [0.1, 0.15) is 0 Å². The van der Waals surface area contributed by atoms with E-state index >= 15 is 0 Å². The molecule has 0 N–H and O–H groups in total. The minimum Gasteiger partial charge on any atom is -0.341 e. The van der Waals surface area contributed by atoms with E-state index in [1.807, 2.05) is 0 Å². The molecule has 3 rings (SSSR count). The molecule has 0 radical (unpaired) electrons. The highest BCUT2D eigenvalue weighted by Gasteiger charge is 2.15. The first kappa shape index (κ1) is 27.5. The summed E-state index contributed by atoms with van der Waals surface area (Å²) in [7, 11) is 0. The lowest BCUT2D eigenvalue weighted by Gasteiger charge is -2.23. The third-order valence-corrected chi connectivity index (χ3v) is 7.63. The smallest absolute Gasteiger partial charge is 0.230 e. The maximum atomic E-state index is 4.96. The number of nitrogens with zero attached hydrogens (tertiary/aromatic N) is 4. The molecule has 0 aliphatic rings. The molecule has 0 amide bonds. The molecule has 0 bridgehead atoms. The number of anilines is 1. The van der Waals surface area contributed by atoms with Gasteiger partial charge in [0.25, 0.3) is 0 Å². The number of aryl methyl sites for hydroxylation is 2. The number of benzene rings is 2. The molecule has 0 aliphatic carbocycles. The Kier molecular flexibility index (Phi) is 11.9.